The van der Waals surface area contributed by atoms with Crippen molar-refractivity contribution in [3.05, 3.63) is 70.6 Å². The van der Waals surface area contributed by atoms with Gasteiger partial charge in [-0.05, 0) is 43.2 Å². The number of hydrogen-bond donors (Lipinski definition) is 1. The van der Waals surface area contributed by atoms with Crippen molar-refractivity contribution < 1.29 is 9.21 Å². The lowest BCUT2D eigenvalue weighted by atomic mass is 10.1. The van der Waals surface area contributed by atoms with E-state index in [9.17, 15) is 4.79 Å². The maximum absolute atomic E-state index is 12.0. The molecule has 26 heavy (non-hydrogen) atoms. The van der Waals surface area contributed by atoms with Crippen LogP contribution >= 0.6 is 11.6 Å². The van der Waals surface area contributed by atoms with Crippen LogP contribution in [0, 0.1) is 6.92 Å². The van der Waals surface area contributed by atoms with Gasteiger partial charge in [0.1, 0.15) is 0 Å². The Labute approximate surface area is 157 Å². The van der Waals surface area contributed by atoms with Crippen LogP contribution in [0.3, 0.4) is 0 Å². The number of aromatic nitrogens is 2. The minimum Gasteiger partial charge on any atom is -0.421 e. The molecule has 0 saturated heterocycles. The molecule has 0 spiro atoms. The van der Waals surface area contributed by atoms with E-state index < -0.39 is 0 Å². The molecule has 1 amide bonds. The molecule has 3 rings (SSSR count). The molecule has 6 heteroatoms. The van der Waals surface area contributed by atoms with Crippen molar-refractivity contribution in [3.63, 3.8) is 0 Å². The zero-order valence-corrected chi connectivity index (χ0v) is 15.3. The maximum atomic E-state index is 12.0. The van der Waals surface area contributed by atoms with Crippen LogP contribution in [-0.4, -0.2) is 22.6 Å². The van der Waals surface area contributed by atoms with E-state index in [4.69, 9.17) is 16.0 Å². The van der Waals surface area contributed by atoms with E-state index in [0.717, 1.165) is 23.1 Å². The predicted molar refractivity (Wildman–Crippen MR) is 101 cm³/mol. The molecular formula is C20H20ClN3O2. The average Bonchev–Trinajstić information content (AvgIpc) is 3.11. The topological polar surface area (TPSA) is 68.0 Å². The van der Waals surface area contributed by atoms with E-state index in [0.29, 0.717) is 36.2 Å². The lowest BCUT2D eigenvalue weighted by Crippen LogP contribution is -2.25. The number of rotatable bonds is 7. The SMILES string of the molecule is Cc1cccc(-c2nnc(CCC(=O)NCCc3ccc(Cl)cc3)o2)c1. The summed E-state index contributed by atoms with van der Waals surface area (Å²) in [6.45, 7) is 2.59. The number of nitrogens with one attached hydrogen (secondary N) is 1. The number of carbonyl (C=O) groups is 1. The molecule has 0 bridgehead atoms. The Morgan fingerprint density at radius 2 is 1.92 bits per heavy atom. The van der Waals surface area contributed by atoms with E-state index >= 15 is 0 Å². The highest BCUT2D eigenvalue weighted by atomic mass is 35.5. The third-order valence-corrected chi connectivity index (χ3v) is 4.20. The highest BCUT2D eigenvalue weighted by Gasteiger charge is 2.10. The quantitative estimate of drug-likeness (QED) is 0.683. The van der Waals surface area contributed by atoms with Crippen molar-refractivity contribution >= 4 is 17.5 Å². The summed E-state index contributed by atoms with van der Waals surface area (Å²) in [5, 5.41) is 11.7. The summed E-state index contributed by atoms with van der Waals surface area (Å²) in [7, 11) is 0. The molecule has 0 radical (unpaired) electrons. The first-order valence-corrected chi connectivity index (χ1v) is 8.88. The monoisotopic (exact) mass is 369 g/mol. The summed E-state index contributed by atoms with van der Waals surface area (Å²) in [4.78, 5) is 12.0. The van der Waals surface area contributed by atoms with E-state index in [1.807, 2.05) is 55.5 Å². The molecule has 0 unspecified atom stereocenters. The van der Waals surface area contributed by atoms with Gasteiger partial charge in [0.25, 0.3) is 0 Å². The van der Waals surface area contributed by atoms with E-state index in [2.05, 4.69) is 15.5 Å². The zero-order valence-electron chi connectivity index (χ0n) is 14.5. The summed E-state index contributed by atoms with van der Waals surface area (Å²) >= 11 is 5.85. The van der Waals surface area contributed by atoms with Crippen LogP contribution in [0.2, 0.25) is 5.02 Å². The average molecular weight is 370 g/mol. The standard InChI is InChI=1S/C20H20ClN3O2/c1-14-3-2-4-16(13-14)20-24-23-19(26-20)10-9-18(25)22-12-11-15-5-7-17(21)8-6-15/h2-8,13H,9-12H2,1H3,(H,22,25). The molecule has 1 aromatic heterocycles. The highest BCUT2D eigenvalue weighted by molar-refractivity contribution is 6.30. The van der Waals surface area contributed by atoms with Gasteiger partial charge in [-0.1, -0.05) is 41.4 Å². The molecule has 0 aliphatic rings. The van der Waals surface area contributed by atoms with Gasteiger partial charge in [0.2, 0.25) is 17.7 Å². The Balaban J connectivity index is 1.44. The molecular weight excluding hydrogens is 350 g/mol. The molecule has 1 heterocycles. The Bertz CT molecular complexity index is 875. The molecule has 0 atom stereocenters. The van der Waals surface area contributed by atoms with Crippen molar-refractivity contribution in [2.24, 2.45) is 0 Å². The van der Waals surface area contributed by atoms with Gasteiger partial charge in [-0.3, -0.25) is 4.79 Å². The van der Waals surface area contributed by atoms with Gasteiger partial charge in [0, 0.05) is 30.0 Å². The molecule has 0 aliphatic heterocycles. The van der Waals surface area contributed by atoms with Gasteiger partial charge < -0.3 is 9.73 Å². The third-order valence-electron chi connectivity index (χ3n) is 3.95. The molecule has 3 aromatic rings. The summed E-state index contributed by atoms with van der Waals surface area (Å²) in [5.74, 6) is 0.912. The van der Waals surface area contributed by atoms with Crippen LogP contribution in [0.5, 0.6) is 0 Å². The van der Waals surface area contributed by atoms with E-state index in [1.165, 1.54) is 0 Å². The van der Waals surface area contributed by atoms with Crippen LogP contribution < -0.4 is 5.32 Å². The molecule has 0 aliphatic carbocycles. The lowest BCUT2D eigenvalue weighted by molar-refractivity contribution is -0.121. The van der Waals surface area contributed by atoms with Gasteiger partial charge in [0.05, 0.1) is 0 Å². The van der Waals surface area contributed by atoms with Gasteiger partial charge in [-0.15, -0.1) is 10.2 Å². The smallest absolute Gasteiger partial charge is 0.247 e. The van der Waals surface area contributed by atoms with Gasteiger partial charge in [0.15, 0.2) is 0 Å². The second-order valence-corrected chi connectivity index (χ2v) is 6.53. The fraction of sp³-hybridized carbons (Fsp3) is 0.250. The number of aryl methyl sites for hydroxylation is 2. The number of halogens is 1. The van der Waals surface area contributed by atoms with Crippen LogP contribution in [0.4, 0.5) is 0 Å². The molecule has 0 fully saturated rings. The second kappa shape index (κ2) is 8.63. The van der Waals surface area contributed by atoms with Crippen LogP contribution in [0.1, 0.15) is 23.4 Å². The number of amides is 1. The zero-order chi connectivity index (χ0) is 18.4. The molecule has 134 valence electrons. The summed E-state index contributed by atoms with van der Waals surface area (Å²) in [6, 6.07) is 15.5. The van der Waals surface area contributed by atoms with E-state index in [-0.39, 0.29) is 5.91 Å². The summed E-state index contributed by atoms with van der Waals surface area (Å²) in [6.07, 6.45) is 1.50. The van der Waals surface area contributed by atoms with Gasteiger partial charge in [-0.2, -0.15) is 0 Å². The van der Waals surface area contributed by atoms with Crippen molar-refractivity contribution in [2.45, 2.75) is 26.2 Å². The van der Waals surface area contributed by atoms with Gasteiger partial charge >= 0.3 is 0 Å². The van der Waals surface area contributed by atoms with E-state index in [1.54, 1.807) is 0 Å². The highest BCUT2D eigenvalue weighted by Crippen LogP contribution is 2.19. The fourth-order valence-electron chi connectivity index (χ4n) is 2.56. The predicted octanol–water partition coefficient (Wildman–Crippen LogP) is 3.99. The first-order valence-electron chi connectivity index (χ1n) is 8.51. The maximum Gasteiger partial charge on any atom is 0.247 e. The van der Waals surface area contributed by atoms with Crippen LogP contribution in [0.25, 0.3) is 11.5 Å². The first kappa shape index (κ1) is 18.1. The van der Waals surface area contributed by atoms with Crippen LogP contribution in [0.15, 0.2) is 52.9 Å². The summed E-state index contributed by atoms with van der Waals surface area (Å²) in [5.41, 5.74) is 3.15. The Morgan fingerprint density at radius 3 is 2.69 bits per heavy atom. The van der Waals surface area contributed by atoms with Gasteiger partial charge in [-0.25, -0.2) is 0 Å². The third kappa shape index (κ3) is 5.17. The number of nitrogens with zero attached hydrogens (tertiary/aromatic N) is 2. The first-order chi connectivity index (χ1) is 12.6. The summed E-state index contributed by atoms with van der Waals surface area (Å²) < 4.78 is 5.65. The normalized spacial score (nSPS) is 10.7. The molecule has 5 nitrogen and oxygen atoms in total. The molecule has 1 N–H and O–H groups in total. The fourth-order valence-corrected chi connectivity index (χ4v) is 2.68. The lowest BCUT2D eigenvalue weighted by Gasteiger charge is -2.04. The van der Waals surface area contributed by atoms with Crippen molar-refractivity contribution in [1.29, 1.82) is 0 Å². The van der Waals surface area contributed by atoms with Crippen molar-refractivity contribution in [2.75, 3.05) is 6.54 Å². The number of benzene rings is 2. The largest absolute Gasteiger partial charge is 0.421 e. The Hall–Kier alpha value is -2.66. The van der Waals surface area contributed by atoms with Crippen molar-refractivity contribution in [1.82, 2.24) is 15.5 Å². The Kier molecular flexibility index (Phi) is 6.02. The molecule has 2 aromatic carbocycles. The minimum atomic E-state index is -0.0331. The van der Waals surface area contributed by atoms with Crippen LogP contribution in [-0.2, 0) is 17.6 Å². The van der Waals surface area contributed by atoms with Crippen molar-refractivity contribution in [3.8, 4) is 11.5 Å². The second-order valence-electron chi connectivity index (χ2n) is 6.10. The molecule has 0 saturated carbocycles. The number of carbonyl (C=O) groups excluding carboxylic acids is 1. The minimum absolute atomic E-state index is 0.0331. The Morgan fingerprint density at radius 1 is 1.12 bits per heavy atom. The number of hydrogen-bond acceptors (Lipinski definition) is 4.